The summed E-state index contributed by atoms with van der Waals surface area (Å²) < 4.78 is 29.8. The summed E-state index contributed by atoms with van der Waals surface area (Å²) in [6.07, 6.45) is 1.57. The first-order chi connectivity index (χ1) is 12.6. The van der Waals surface area contributed by atoms with Crippen LogP contribution in [-0.4, -0.2) is 42.5 Å². The molecule has 2 aromatic rings. The third-order valence-electron chi connectivity index (χ3n) is 4.01. The maximum absolute atomic E-state index is 12.3. The molecule has 0 aliphatic heterocycles. The Bertz CT molecular complexity index is 1040. The van der Waals surface area contributed by atoms with E-state index < -0.39 is 26.7 Å². The molecular formula is C16H19N5O5S. The number of ether oxygens (including phenoxy) is 1. The molecule has 27 heavy (non-hydrogen) atoms. The van der Waals surface area contributed by atoms with Gasteiger partial charge >= 0.3 is 6.09 Å². The zero-order valence-electron chi connectivity index (χ0n) is 14.7. The van der Waals surface area contributed by atoms with Crippen molar-refractivity contribution in [2.24, 2.45) is 5.73 Å². The first-order valence-electron chi connectivity index (χ1n) is 8.05. The summed E-state index contributed by atoms with van der Waals surface area (Å²) in [6, 6.07) is 5.06. The maximum atomic E-state index is 12.3. The number of amides is 2. The number of carbonyl (C=O) groups is 2. The van der Waals surface area contributed by atoms with Gasteiger partial charge in [0.25, 0.3) is 5.91 Å². The van der Waals surface area contributed by atoms with Crippen LogP contribution in [0.3, 0.4) is 0 Å². The highest BCUT2D eigenvalue weighted by atomic mass is 32.2. The van der Waals surface area contributed by atoms with Gasteiger partial charge in [0.2, 0.25) is 10.8 Å². The molecule has 0 unspecified atom stereocenters. The average molecular weight is 393 g/mol. The van der Waals surface area contributed by atoms with Crippen LogP contribution >= 0.6 is 0 Å². The zero-order chi connectivity index (χ0) is 19.9. The van der Waals surface area contributed by atoms with Gasteiger partial charge in [-0.3, -0.25) is 4.79 Å². The van der Waals surface area contributed by atoms with Gasteiger partial charge in [0.15, 0.2) is 15.7 Å². The molecule has 1 fully saturated rings. The maximum Gasteiger partial charge on any atom is 0.410 e. The predicted molar refractivity (Wildman–Crippen MR) is 96.5 cm³/mol. The molecule has 5 N–H and O–H groups in total. The topological polar surface area (TPSA) is 159 Å². The summed E-state index contributed by atoms with van der Waals surface area (Å²) >= 11 is 0. The van der Waals surface area contributed by atoms with Crippen LogP contribution in [0.2, 0.25) is 0 Å². The van der Waals surface area contributed by atoms with E-state index in [0.29, 0.717) is 16.8 Å². The second-order valence-electron chi connectivity index (χ2n) is 6.37. The Morgan fingerprint density at radius 2 is 2.00 bits per heavy atom. The van der Waals surface area contributed by atoms with Crippen LogP contribution in [0.25, 0.3) is 5.69 Å². The lowest BCUT2D eigenvalue weighted by Crippen LogP contribution is -2.25. The number of benzene rings is 1. The van der Waals surface area contributed by atoms with Crippen LogP contribution < -0.4 is 21.5 Å². The number of nitrogen functional groups attached to an aromatic ring is 1. The molecule has 2 amide bonds. The molecule has 0 radical (unpaired) electrons. The summed E-state index contributed by atoms with van der Waals surface area (Å²) in [7, 11) is -3.86. The Kier molecular flexibility index (Phi) is 4.56. The molecule has 10 nitrogen and oxygen atoms in total. The molecule has 0 saturated heterocycles. The van der Waals surface area contributed by atoms with Crippen LogP contribution in [-0.2, 0) is 9.84 Å². The monoisotopic (exact) mass is 393 g/mol. The molecule has 3 rings (SSSR count). The minimum atomic E-state index is -3.86. The van der Waals surface area contributed by atoms with Crippen molar-refractivity contribution in [1.82, 2.24) is 15.1 Å². The number of carbonyl (C=O) groups excluding carboxylic acids is 2. The van der Waals surface area contributed by atoms with E-state index in [-0.39, 0.29) is 17.8 Å². The highest BCUT2D eigenvalue weighted by Gasteiger charge is 2.28. The van der Waals surface area contributed by atoms with E-state index in [1.165, 1.54) is 6.07 Å². The van der Waals surface area contributed by atoms with E-state index in [2.05, 4.69) is 10.4 Å². The molecule has 1 aliphatic carbocycles. The van der Waals surface area contributed by atoms with Crippen molar-refractivity contribution in [2.75, 3.05) is 12.0 Å². The van der Waals surface area contributed by atoms with Gasteiger partial charge in [-0.25, -0.2) is 17.9 Å². The fourth-order valence-electron chi connectivity index (χ4n) is 2.49. The SMILES string of the molecule is Cc1ccc(C(=O)NC2CC2)cc1-n1nc(S(C)(=O)=O)c(OC(N)=O)c1N. The van der Waals surface area contributed by atoms with Crippen molar-refractivity contribution in [2.45, 2.75) is 30.8 Å². The molecule has 1 aromatic heterocycles. The Morgan fingerprint density at radius 3 is 2.56 bits per heavy atom. The Balaban J connectivity index is 2.11. The van der Waals surface area contributed by atoms with Crippen molar-refractivity contribution in [3.8, 4) is 11.4 Å². The van der Waals surface area contributed by atoms with Crippen molar-refractivity contribution in [3.63, 3.8) is 0 Å². The second kappa shape index (κ2) is 6.58. The van der Waals surface area contributed by atoms with E-state index in [4.69, 9.17) is 16.2 Å². The molecule has 1 saturated carbocycles. The highest BCUT2D eigenvalue weighted by molar-refractivity contribution is 7.90. The Hall–Kier alpha value is -3.08. The average Bonchev–Trinajstić information content (AvgIpc) is 3.31. The van der Waals surface area contributed by atoms with Gasteiger partial charge in [-0.1, -0.05) is 6.07 Å². The van der Waals surface area contributed by atoms with Crippen LogP contribution in [0.5, 0.6) is 5.75 Å². The summed E-state index contributed by atoms with van der Waals surface area (Å²) in [5.74, 6) is -0.921. The normalized spacial score (nSPS) is 14.0. The second-order valence-corrected chi connectivity index (χ2v) is 8.30. The summed E-state index contributed by atoms with van der Waals surface area (Å²) in [5, 5.41) is 6.32. The van der Waals surface area contributed by atoms with Crippen molar-refractivity contribution >= 4 is 27.7 Å². The van der Waals surface area contributed by atoms with Gasteiger partial charge in [-0.05, 0) is 37.5 Å². The van der Waals surface area contributed by atoms with Crippen molar-refractivity contribution < 1.29 is 22.7 Å². The van der Waals surface area contributed by atoms with Crippen LogP contribution in [0.4, 0.5) is 10.6 Å². The quantitative estimate of drug-likeness (QED) is 0.667. The lowest BCUT2D eigenvalue weighted by Gasteiger charge is -2.11. The lowest BCUT2D eigenvalue weighted by molar-refractivity contribution is 0.0951. The van der Waals surface area contributed by atoms with Gasteiger partial charge in [0.05, 0.1) is 5.69 Å². The molecule has 144 valence electrons. The first kappa shape index (κ1) is 18.7. The van der Waals surface area contributed by atoms with Crippen molar-refractivity contribution in [1.29, 1.82) is 0 Å². The number of sulfone groups is 1. The molecule has 11 heteroatoms. The molecule has 0 spiro atoms. The molecular weight excluding hydrogens is 374 g/mol. The summed E-state index contributed by atoms with van der Waals surface area (Å²) in [5.41, 5.74) is 12.4. The number of rotatable bonds is 5. The van der Waals surface area contributed by atoms with E-state index in [0.717, 1.165) is 23.8 Å². The minimum Gasteiger partial charge on any atom is -0.403 e. The number of hydrogen-bond acceptors (Lipinski definition) is 7. The van der Waals surface area contributed by atoms with Crippen LogP contribution in [0.15, 0.2) is 23.2 Å². The summed E-state index contributed by atoms with van der Waals surface area (Å²) in [4.78, 5) is 23.4. The number of nitrogens with one attached hydrogen (secondary N) is 1. The third kappa shape index (κ3) is 3.87. The molecule has 1 aromatic carbocycles. The Morgan fingerprint density at radius 1 is 1.33 bits per heavy atom. The smallest absolute Gasteiger partial charge is 0.403 e. The van der Waals surface area contributed by atoms with Crippen LogP contribution in [0.1, 0.15) is 28.8 Å². The third-order valence-corrected chi connectivity index (χ3v) is 4.98. The predicted octanol–water partition coefficient (Wildman–Crippen LogP) is 0.516. The van der Waals surface area contributed by atoms with Gasteiger partial charge in [0.1, 0.15) is 0 Å². The van der Waals surface area contributed by atoms with E-state index in [1.54, 1.807) is 19.1 Å². The molecule has 0 atom stereocenters. The van der Waals surface area contributed by atoms with Gasteiger partial charge < -0.3 is 21.5 Å². The molecule has 1 heterocycles. The number of nitrogens with zero attached hydrogens (tertiary/aromatic N) is 2. The summed E-state index contributed by atoms with van der Waals surface area (Å²) in [6.45, 7) is 1.74. The number of nitrogens with two attached hydrogens (primary N) is 2. The minimum absolute atomic E-state index is 0.185. The van der Waals surface area contributed by atoms with E-state index in [9.17, 15) is 18.0 Å². The number of aryl methyl sites for hydroxylation is 1. The van der Waals surface area contributed by atoms with Gasteiger partial charge in [-0.15, -0.1) is 5.10 Å². The fourth-order valence-corrected chi connectivity index (χ4v) is 3.21. The number of hydrogen-bond donors (Lipinski definition) is 3. The van der Waals surface area contributed by atoms with Gasteiger partial charge in [-0.2, -0.15) is 0 Å². The lowest BCUT2D eigenvalue weighted by atomic mass is 10.1. The zero-order valence-corrected chi connectivity index (χ0v) is 15.5. The number of primary amides is 1. The highest BCUT2D eigenvalue weighted by Crippen LogP contribution is 2.33. The number of aromatic nitrogens is 2. The van der Waals surface area contributed by atoms with Gasteiger partial charge in [0, 0.05) is 17.9 Å². The number of anilines is 1. The van der Waals surface area contributed by atoms with E-state index >= 15 is 0 Å². The molecule has 1 aliphatic rings. The van der Waals surface area contributed by atoms with Crippen LogP contribution in [0, 0.1) is 6.92 Å². The standard InChI is InChI=1S/C16H19N5O5S/c1-8-3-4-9(14(22)19-10-5-6-10)7-11(8)21-13(17)12(26-16(18)23)15(20-21)27(2,24)25/h3-4,7,10H,5-6,17H2,1-2H3,(H2,18,23)(H,19,22). The molecule has 0 bridgehead atoms. The largest absolute Gasteiger partial charge is 0.410 e. The first-order valence-corrected chi connectivity index (χ1v) is 9.94. The Labute approximate surface area is 155 Å². The van der Waals surface area contributed by atoms with E-state index in [1.807, 2.05) is 0 Å². The fraction of sp³-hybridized carbons (Fsp3) is 0.312. The van der Waals surface area contributed by atoms with Crippen molar-refractivity contribution in [3.05, 3.63) is 29.3 Å².